The second-order valence-corrected chi connectivity index (χ2v) is 7.63. The molecule has 3 aromatic heterocycles. The van der Waals surface area contributed by atoms with E-state index in [1.54, 1.807) is 6.92 Å². The highest BCUT2D eigenvalue weighted by molar-refractivity contribution is 5.82. The first kappa shape index (κ1) is 16.8. The molecule has 1 saturated heterocycles. The average molecular weight is 358 g/mol. The molecule has 10 heteroatoms. The van der Waals surface area contributed by atoms with Crippen molar-refractivity contribution in [2.24, 2.45) is 0 Å². The van der Waals surface area contributed by atoms with Crippen molar-refractivity contribution in [3.8, 4) is 0 Å². The molecule has 10 nitrogen and oxygen atoms in total. The average Bonchev–Trinajstić information content (AvgIpc) is 3.25. The Morgan fingerprint density at radius 3 is 2.62 bits per heavy atom. The van der Waals surface area contributed by atoms with Gasteiger partial charge in [0.15, 0.2) is 11.3 Å². The topological polar surface area (TPSA) is 119 Å². The Morgan fingerprint density at radius 2 is 2.00 bits per heavy atom. The van der Waals surface area contributed by atoms with E-state index in [9.17, 15) is 5.11 Å². The van der Waals surface area contributed by atoms with Gasteiger partial charge in [-0.2, -0.15) is 4.80 Å². The Kier molecular flexibility index (Phi) is 3.87. The van der Waals surface area contributed by atoms with Gasteiger partial charge in [0.05, 0.1) is 6.10 Å². The fraction of sp³-hybridized carbons (Fsp3) is 0.625. The van der Waals surface area contributed by atoms with Crippen LogP contribution in [0.3, 0.4) is 0 Å². The second kappa shape index (κ2) is 5.97. The van der Waals surface area contributed by atoms with Crippen LogP contribution in [0.25, 0.3) is 11.2 Å². The lowest BCUT2D eigenvalue weighted by Gasteiger charge is -2.21. The molecule has 0 radical (unpaired) electrons. The zero-order valence-electron chi connectivity index (χ0n) is 15.3. The minimum absolute atomic E-state index is 0.228. The normalized spacial score (nSPS) is 18.2. The lowest BCUT2D eigenvalue weighted by Crippen LogP contribution is -2.25. The maximum absolute atomic E-state index is 9.91. The van der Waals surface area contributed by atoms with Crippen LogP contribution in [0.1, 0.15) is 44.8 Å². The highest BCUT2D eigenvalue weighted by Crippen LogP contribution is 2.28. The van der Waals surface area contributed by atoms with E-state index in [1.165, 1.54) is 4.80 Å². The summed E-state index contributed by atoms with van der Waals surface area (Å²) in [5.41, 5.74) is 0.912. The predicted molar refractivity (Wildman–Crippen MR) is 92.8 cm³/mol. The van der Waals surface area contributed by atoms with Crippen molar-refractivity contribution in [2.75, 3.05) is 18.0 Å². The van der Waals surface area contributed by atoms with Gasteiger partial charge in [0.1, 0.15) is 12.4 Å². The summed E-state index contributed by atoms with van der Waals surface area (Å²) in [5.74, 6) is 2.34. The molecule has 1 fully saturated rings. The fourth-order valence-electron chi connectivity index (χ4n) is 2.92. The number of hydrogen-bond acceptors (Lipinski definition) is 9. The number of nitrogens with zero attached hydrogens (tertiary/aromatic N) is 8. The number of aliphatic hydroxyl groups excluding tert-OH is 1. The summed E-state index contributed by atoms with van der Waals surface area (Å²) < 4.78 is 5.40. The molecule has 1 atom stereocenters. The Labute approximate surface area is 150 Å². The molecular weight excluding hydrogens is 336 g/mol. The zero-order chi connectivity index (χ0) is 18.5. The standard InChI is InChI=1S/C16H22N8O2/c1-9-19-20-11(26-9)8-24-21-12-13(22-24)17-15(16(2,3)4)18-14(12)23-6-5-10(25)7-23/h10,25H,5-8H2,1-4H3. The third-order valence-corrected chi connectivity index (χ3v) is 4.25. The van der Waals surface area contributed by atoms with E-state index in [1.807, 2.05) is 4.90 Å². The SMILES string of the molecule is Cc1nnc(Cn2nc3nc(C(C)(C)C)nc(N4CCC(O)C4)c3n2)o1. The van der Waals surface area contributed by atoms with Gasteiger partial charge in [0.25, 0.3) is 0 Å². The van der Waals surface area contributed by atoms with E-state index in [4.69, 9.17) is 9.40 Å². The molecule has 4 rings (SSSR count). The van der Waals surface area contributed by atoms with Crippen LogP contribution in [-0.2, 0) is 12.0 Å². The van der Waals surface area contributed by atoms with Crippen LogP contribution in [0.2, 0.25) is 0 Å². The monoisotopic (exact) mass is 358 g/mol. The van der Waals surface area contributed by atoms with Crippen LogP contribution < -0.4 is 4.90 Å². The number of hydrogen-bond donors (Lipinski definition) is 1. The first-order valence-corrected chi connectivity index (χ1v) is 8.65. The van der Waals surface area contributed by atoms with Gasteiger partial charge >= 0.3 is 0 Å². The second-order valence-electron chi connectivity index (χ2n) is 7.63. The van der Waals surface area contributed by atoms with Gasteiger partial charge in [-0.1, -0.05) is 20.8 Å². The number of aliphatic hydroxyl groups is 1. The highest BCUT2D eigenvalue weighted by atomic mass is 16.4. The molecule has 1 N–H and O–H groups in total. The van der Waals surface area contributed by atoms with Crippen LogP contribution in [0, 0.1) is 6.92 Å². The largest absolute Gasteiger partial charge is 0.423 e. The molecule has 0 amide bonds. The Balaban J connectivity index is 1.78. The summed E-state index contributed by atoms with van der Waals surface area (Å²) in [6.45, 7) is 9.44. The fourth-order valence-corrected chi connectivity index (χ4v) is 2.92. The molecule has 1 unspecified atom stereocenters. The van der Waals surface area contributed by atoms with Gasteiger partial charge in [0.2, 0.25) is 17.4 Å². The minimum atomic E-state index is -0.352. The quantitative estimate of drug-likeness (QED) is 0.726. The number of aromatic nitrogens is 7. The number of aryl methyl sites for hydroxylation is 1. The zero-order valence-corrected chi connectivity index (χ0v) is 15.3. The summed E-state index contributed by atoms with van der Waals surface area (Å²) in [4.78, 5) is 12.9. The van der Waals surface area contributed by atoms with Gasteiger partial charge in [-0.3, -0.25) is 0 Å². The van der Waals surface area contributed by atoms with Crippen molar-refractivity contribution in [3.63, 3.8) is 0 Å². The third kappa shape index (κ3) is 3.12. The van der Waals surface area contributed by atoms with Crippen molar-refractivity contribution in [1.29, 1.82) is 0 Å². The van der Waals surface area contributed by atoms with Crippen LogP contribution in [0.4, 0.5) is 5.82 Å². The highest BCUT2D eigenvalue weighted by Gasteiger charge is 2.28. The molecule has 0 bridgehead atoms. The van der Waals surface area contributed by atoms with Gasteiger partial charge in [-0.15, -0.1) is 20.4 Å². The maximum atomic E-state index is 9.91. The summed E-state index contributed by atoms with van der Waals surface area (Å²) in [5, 5.41) is 26.7. The van der Waals surface area contributed by atoms with E-state index in [-0.39, 0.29) is 18.1 Å². The minimum Gasteiger partial charge on any atom is -0.423 e. The summed E-state index contributed by atoms with van der Waals surface area (Å²) >= 11 is 0. The van der Waals surface area contributed by atoms with Gasteiger partial charge in [0, 0.05) is 25.4 Å². The maximum Gasteiger partial charge on any atom is 0.239 e. The third-order valence-electron chi connectivity index (χ3n) is 4.25. The molecular formula is C16H22N8O2. The Morgan fingerprint density at radius 1 is 1.19 bits per heavy atom. The van der Waals surface area contributed by atoms with Crippen molar-refractivity contribution in [3.05, 3.63) is 17.6 Å². The van der Waals surface area contributed by atoms with Crippen LogP contribution >= 0.6 is 0 Å². The van der Waals surface area contributed by atoms with Crippen molar-refractivity contribution in [1.82, 2.24) is 35.2 Å². The van der Waals surface area contributed by atoms with Crippen LogP contribution in [0.15, 0.2) is 4.42 Å². The number of rotatable bonds is 3. The van der Waals surface area contributed by atoms with Gasteiger partial charge in [-0.05, 0) is 6.42 Å². The van der Waals surface area contributed by atoms with E-state index in [0.717, 1.165) is 6.54 Å². The van der Waals surface area contributed by atoms with E-state index in [0.29, 0.717) is 47.6 Å². The molecule has 138 valence electrons. The summed E-state index contributed by atoms with van der Waals surface area (Å²) in [6.07, 6.45) is 0.362. The number of β-amino-alcohol motifs (C(OH)–C–C–N with tert-alkyl or cyclic N) is 1. The van der Waals surface area contributed by atoms with E-state index >= 15 is 0 Å². The molecule has 1 aliphatic rings. The Bertz CT molecular complexity index is 942. The number of fused-ring (bicyclic) bond motifs is 1. The van der Waals surface area contributed by atoms with Crippen LogP contribution in [-0.4, -0.2) is 59.5 Å². The molecule has 0 aromatic carbocycles. The van der Waals surface area contributed by atoms with Gasteiger partial charge < -0.3 is 14.4 Å². The summed E-state index contributed by atoms with van der Waals surface area (Å²) in [7, 11) is 0. The van der Waals surface area contributed by atoms with Crippen LogP contribution in [0.5, 0.6) is 0 Å². The lowest BCUT2D eigenvalue weighted by molar-refractivity contribution is 0.198. The smallest absolute Gasteiger partial charge is 0.239 e. The molecule has 26 heavy (non-hydrogen) atoms. The molecule has 1 aliphatic heterocycles. The van der Waals surface area contributed by atoms with Crippen molar-refractivity contribution < 1.29 is 9.52 Å². The molecule has 3 aromatic rings. The predicted octanol–water partition coefficient (Wildman–Crippen LogP) is 0.830. The molecule has 0 spiro atoms. The van der Waals surface area contributed by atoms with Crippen molar-refractivity contribution >= 4 is 17.0 Å². The number of anilines is 1. The molecule has 0 aliphatic carbocycles. The summed E-state index contributed by atoms with van der Waals surface area (Å²) in [6, 6.07) is 0. The van der Waals surface area contributed by atoms with E-state index < -0.39 is 0 Å². The lowest BCUT2D eigenvalue weighted by atomic mass is 9.96. The molecule has 0 saturated carbocycles. The van der Waals surface area contributed by atoms with Crippen molar-refractivity contribution in [2.45, 2.75) is 52.2 Å². The molecule has 4 heterocycles. The first-order valence-electron chi connectivity index (χ1n) is 8.65. The first-order chi connectivity index (χ1) is 12.3. The van der Waals surface area contributed by atoms with E-state index in [2.05, 4.69) is 46.1 Å². The Hall–Kier alpha value is -2.62. The van der Waals surface area contributed by atoms with Gasteiger partial charge in [-0.25, -0.2) is 9.97 Å².